The molecule has 0 unspecified atom stereocenters. The Kier molecular flexibility index (Phi) is 7.91. The maximum atomic E-state index is 11.5. The first-order valence-electron chi connectivity index (χ1n) is 6.72. The number of rotatable bonds is 8. The molecule has 1 aromatic carbocycles. The van der Waals surface area contributed by atoms with Gasteiger partial charge in [0, 0.05) is 24.9 Å². The van der Waals surface area contributed by atoms with E-state index in [-0.39, 0.29) is 12.6 Å². The van der Waals surface area contributed by atoms with E-state index in [1.807, 2.05) is 24.3 Å². The summed E-state index contributed by atoms with van der Waals surface area (Å²) in [6.45, 7) is 0.808. The molecule has 20 heavy (non-hydrogen) atoms. The second kappa shape index (κ2) is 9.86. The molecular weight excluding hydrogens is 256 g/mol. The van der Waals surface area contributed by atoms with Crippen LogP contribution in [0, 0.1) is 0 Å². The van der Waals surface area contributed by atoms with Gasteiger partial charge in [0.2, 0.25) is 0 Å². The SMILES string of the molecule is COc1ccccc1/C=C/NC(=O)NCCCCCO. The molecule has 0 fully saturated rings. The van der Waals surface area contributed by atoms with Gasteiger partial charge in [0.1, 0.15) is 5.75 Å². The molecule has 3 N–H and O–H groups in total. The van der Waals surface area contributed by atoms with Crippen molar-refractivity contribution in [3.63, 3.8) is 0 Å². The maximum absolute atomic E-state index is 11.5. The molecule has 0 saturated carbocycles. The lowest BCUT2D eigenvalue weighted by Crippen LogP contribution is -2.32. The highest BCUT2D eigenvalue weighted by molar-refractivity contribution is 5.76. The second-order valence-electron chi connectivity index (χ2n) is 4.26. The van der Waals surface area contributed by atoms with Crippen molar-refractivity contribution in [2.24, 2.45) is 0 Å². The monoisotopic (exact) mass is 278 g/mol. The van der Waals surface area contributed by atoms with Crippen molar-refractivity contribution >= 4 is 12.1 Å². The normalized spacial score (nSPS) is 10.5. The Morgan fingerprint density at radius 3 is 2.85 bits per heavy atom. The highest BCUT2D eigenvalue weighted by atomic mass is 16.5. The minimum atomic E-state index is -0.236. The Morgan fingerprint density at radius 2 is 2.10 bits per heavy atom. The van der Waals surface area contributed by atoms with Gasteiger partial charge in [-0.1, -0.05) is 18.2 Å². The van der Waals surface area contributed by atoms with Crippen molar-refractivity contribution in [2.45, 2.75) is 19.3 Å². The first kappa shape index (κ1) is 16.0. The lowest BCUT2D eigenvalue weighted by Gasteiger charge is -2.05. The van der Waals surface area contributed by atoms with Crippen LogP contribution < -0.4 is 15.4 Å². The number of urea groups is 1. The summed E-state index contributed by atoms with van der Waals surface area (Å²) in [5.74, 6) is 0.759. The van der Waals surface area contributed by atoms with Crippen LogP contribution in [-0.2, 0) is 0 Å². The molecule has 110 valence electrons. The minimum absolute atomic E-state index is 0.202. The molecule has 0 spiro atoms. The van der Waals surface area contributed by atoms with Gasteiger partial charge >= 0.3 is 6.03 Å². The molecule has 0 atom stereocenters. The third kappa shape index (κ3) is 6.24. The Bertz CT molecular complexity index is 433. The molecule has 1 aromatic rings. The maximum Gasteiger partial charge on any atom is 0.318 e. The largest absolute Gasteiger partial charge is 0.496 e. The van der Waals surface area contributed by atoms with E-state index < -0.39 is 0 Å². The Morgan fingerprint density at radius 1 is 1.30 bits per heavy atom. The number of unbranched alkanes of at least 4 members (excludes halogenated alkanes) is 2. The predicted octanol–water partition coefficient (Wildman–Crippen LogP) is 2.13. The predicted molar refractivity (Wildman–Crippen MR) is 79.5 cm³/mol. The molecule has 0 aromatic heterocycles. The van der Waals surface area contributed by atoms with Crippen LogP contribution in [0.1, 0.15) is 24.8 Å². The third-order valence-corrected chi connectivity index (χ3v) is 2.74. The number of amides is 2. The van der Waals surface area contributed by atoms with E-state index in [2.05, 4.69) is 10.6 Å². The van der Waals surface area contributed by atoms with Crippen LogP contribution in [0.4, 0.5) is 4.79 Å². The zero-order chi connectivity index (χ0) is 14.6. The number of carbonyl (C=O) groups excluding carboxylic acids is 1. The summed E-state index contributed by atoms with van der Waals surface area (Å²) in [6, 6.07) is 7.33. The van der Waals surface area contributed by atoms with Crippen molar-refractivity contribution in [1.82, 2.24) is 10.6 Å². The van der Waals surface area contributed by atoms with Crippen LogP contribution in [0.2, 0.25) is 0 Å². The highest BCUT2D eigenvalue weighted by Crippen LogP contribution is 2.18. The molecule has 0 aliphatic rings. The molecule has 0 aliphatic heterocycles. The van der Waals surface area contributed by atoms with Crippen LogP contribution in [0.15, 0.2) is 30.5 Å². The van der Waals surface area contributed by atoms with E-state index in [4.69, 9.17) is 9.84 Å². The summed E-state index contributed by atoms with van der Waals surface area (Å²) >= 11 is 0. The van der Waals surface area contributed by atoms with Crippen molar-refractivity contribution < 1.29 is 14.6 Å². The van der Waals surface area contributed by atoms with E-state index >= 15 is 0 Å². The van der Waals surface area contributed by atoms with Gasteiger partial charge in [-0.3, -0.25) is 0 Å². The number of para-hydroxylation sites is 1. The standard InChI is InChI=1S/C15H22N2O3/c1-20-14-8-4-3-7-13(14)9-11-17-15(19)16-10-5-2-6-12-18/h3-4,7-9,11,18H,2,5-6,10,12H2,1H3,(H2,16,17,19)/b11-9+. The van der Waals surface area contributed by atoms with Crippen LogP contribution in [0.25, 0.3) is 6.08 Å². The molecule has 5 nitrogen and oxygen atoms in total. The Hall–Kier alpha value is -2.01. The van der Waals surface area contributed by atoms with Crippen molar-refractivity contribution in [3.05, 3.63) is 36.0 Å². The topological polar surface area (TPSA) is 70.6 Å². The number of hydrogen-bond acceptors (Lipinski definition) is 3. The molecular formula is C15H22N2O3. The van der Waals surface area contributed by atoms with Gasteiger partial charge in [-0.2, -0.15) is 0 Å². The zero-order valence-corrected chi connectivity index (χ0v) is 11.8. The number of carbonyl (C=O) groups is 1. The molecule has 0 aliphatic carbocycles. The Balaban J connectivity index is 2.28. The van der Waals surface area contributed by atoms with Gasteiger partial charge in [0.05, 0.1) is 7.11 Å². The van der Waals surface area contributed by atoms with E-state index in [9.17, 15) is 4.79 Å². The van der Waals surface area contributed by atoms with E-state index in [1.165, 1.54) is 0 Å². The fourth-order valence-corrected chi connectivity index (χ4v) is 1.68. The van der Waals surface area contributed by atoms with Gasteiger partial charge in [0.15, 0.2) is 0 Å². The summed E-state index contributed by atoms with van der Waals surface area (Å²) in [5.41, 5.74) is 0.901. The fourth-order valence-electron chi connectivity index (χ4n) is 1.68. The molecule has 0 heterocycles. The number of aliphatic hydroxyl groups is 1. The summed E-state index contributed by atoms with van der Waals surface area (Å²) in [7, 11) is 1.61. The fraction of sp³-hybridized carbons (Fsp3) is 0.400. The molecule has 0 saturated heterocycles. The lowest BCUT2D eigenvalue weighted by molar-refractivity contribution is 0.243. The quantitative estimate of drug-likeness (QED) is 0.638. The average Bonchev–Trinajstić information content (AvgIpc) is 2.47. The summed E-state index contributed by atoms with van der Waals surface area (Å²) < 4.78 is 5.21. The van der Waals surface area contributed by atoms with Crippen LogP contribution in [0.5, 0.6) is 5.75 Å². The van der Waals surface area contributed by atoms with Gasteiger partial charge in [-0.15, -0.1) is 0 Å². The van der Waals surface area contributed by atoms with Gasteiger partial charge < -0.3 is 20.5 Å². The van der Waals surface area contributed by atoms with Crippen molar-refractivity contribution in [1.29, 1.82) is 0 Å². The lowest BCUT2D eigenvalue weighted by atomic mass is 10.2. The average molecular weight is 278 g/mol. The third-order valence-electron chi connectivity index (χ3n) is 2.74. The number of benzene rings is 1. The molecule has 0 bridgehead atoms. The molecule has 1 rings (SSSR count). The molecule has 5 heteroatoms. The van der Waals surface area contributed by atoms with E-state index in [0.717, 1.165) is 30.6 Å². The van der Waals surface area contributed by atoms with Gasteiger partial charge in [0.25, 0.3) is 0 Å². The number of hydrogen-bond donors (Lipinski definition) is 3. The summed E-state index contributed by atoms with van der Waals surface area (Å²) in [4.78, 5) is 11.5. The van der Waals surface area contributed by atoms with Crippen LogP contribution in [0.3, 0.4) is 0 Å². The van der Waals surface area contributed by atoms with Crippen molar-refractivity contribution in [3.8, 4) is 5.75 Å². The van der Waals surface area contributed by atoms with E-state index in [1.54, 1.807) is 19.4 Å². The minimum Gasteiger partial charge on any atom is -0.496 e. The first-order chi connectivity index (χ1) is 9.77. The number of nitrogens with one attached hydrogen (secondary N) is 2. The molecule has 0 radical (unpaired) electrons. The van der Waals surface area contributed by atoms with Gasteiger partial charge in [-0.25, -0.2) is 4.79 Å². The Labute approximate surface area is 119 Å². The smallest absolute Gasteiger partial charge is 0.318 e. The van der Waals surface area contributed by atoms with E-state index in [0.29, 0.717) is 6.54 Å². The number of aliphatic hydroxyl groups excluding tert-OH is 1. The molecule has 2 amide bonds. The van der Waals surface area contributed by atoms with Crippen LogP contribution >= 0.6 is 0 Å². The summed E-state index contributed by atoms with van der Waals surface area (Å²) in [6.07, 6.45) is 5.92. The van der Waals surface area contributed by atoms with Crippen LogP contribution in [-0.4, -0.2) is 31.4 Å². The number of methoxy groups -OCH3 is 1. The number of ether oxygens (including phenoxy) is 1. The zero-order valence-electron chi connectivity index (χ0n) is 11.8. The van der Waals surface area contributed by atoms with Crippen molar-refractivity contribution in [2.75, 3.05) is 20.3 Å². The summed E-state index contributed by atoms with van der Waals surface area (Å²) in [5, 5.41) is 14.0. The first-order valence-corrected chi connectivity index (χ1v) is 6.72. The highest BCUT2D eigenvalue weighted by Gasteiger charge is 1.98. The second-order valence-corrected chi connectivity index (χ2v) is 4.26. The van der Waals surface area contributed by atoms with Gasteiger partial charge in [-0.05, 0) is 31.4 Å².